The van der Waals surface area contributed by atoms with E-state index in [4.69, 9.17) is 14.2 Å². The molecular formula is C21H19NO5. The van der Waals surface area contributed by atoms with Gasteiger partial charge < -0.3 is 14.2 Å². The summed E-state index contributed by atoms with van der Waals surface area (Å²) in [6.45, 7) is 0. The Bertz CT molecular complexity index is 919. The molecule has 6 heteroatoms. The largest absolute Gasteiger partial charge is 0.493 e. The van der Waals surface area contributed by atoms with Crippen LogP contribution in [-0.4, -0.2) is 33.1 Å². The molecule has 2 amide bonds. The number of ether oxygens (including phenoxy) is 3. The SMILES string of the molecule is COc1cc(/C=C2/C(=O)NC(=O)/C2=C\c2ccccc2)cc(OC)c1OC. The van der Waals surface area contributed by atoms with Crippen molar-refractivity contribution < 1.29 is 23.8 Å². The highest BCUT2D eigenvalue weighted by atomic mass is 16.5. The van der Waals surface area contributed by atoms with E-state index in [1.54, 1.807) is 24.3 Å². The number of amides is 2. The first-order chi connectivity index (χ1) is 13.1. The predicted molar refractivity (Wildman–Crippen MR) is 102 cm³/mol. The zero-order chi connectivity index (χ0) is 19.4. The van der Waals surface area contributed by atoms with Gasteiger partial charge in [-0.25, -0.2) is 0 Å². The maximum absolute atomic E-state index is 12.3. The minimum Gasteiger partial charge on any atom is -0.493 e. The first-order valence-electron chi connectivity index (χ1n) is 8.22. The maximum atomic E-state index is 12.3. The van der Waals surface area contributed by atoms with Crippen molar-refractivity contribution in [1.82, 2.24) is 5.32 Å². The van der Waals surface area contributed by atoms with Crippen LogP contribution in [0.2, 0.25) is 0 Å². The number of carbonyl (C=O) groups is 2. The second-order valence-electron chi connectivity index (χ2n) is 5.77. The van der Waals surface area contributed by atoms with E-state index < -0.39 is 11.8 Å². The summed E-state index contributed by atoms with van der Waals surface area (Å²) in [4.78, 5) is 24.5. The molecular weight excluding hydrogens is 346 g/mol. The van der Waals surface area contributed by atoms with Gasteiger partial charge in [-0.3, -0.25) is 14.9 Å². The summed E-state index contributed by atoms with van der Waals surface area (Å²) >= 11 is 0. The van der Waals surface area contributed by atoms with E-state index in [0.717, 1.165) is 5.56 Å². The van der Waals surface area contributed by atoms with Crippen LogP contribution in [0.5, 0.6) is 17.2 Å². The predicted octanol–water partition coefficient (Wildman–Crippen LogP) is 2.84. The first kappa shape index (κ1) is 18.3. The number of methoxy groups -OCH3 is 3. The van der Waals surface area contributed by atoms with Gasteiger partial charge in [-0.2, -0.15) is 0 Å². The second kappa shape index (κ2) is 7.78. The van der Waals surface area contributed by atoms with Crippen LogP contribution < -0.4 is 19.5 Å². The lowest BCUT2D eigenvalue weighted by molar-refractivity contribution is -0.123. The molecule has 0 radical (unpaired) electrons. The number of nitrogens with one attached hydrogen (secondary N) is 1. The van der Waals surface area contributed by atoms with E-state index in [0.29, 0.717) is 28.4 Å². The highest BCUT2D eigenvalue weighted by molar-refractivity contribution is 6.28. The van der Waals surface area contributed by atoms with Crippen molar-refractivity contribution in [2.24, 2.45) is 0 Å². The van der Waals surface area contributed by atoms with Crippen molar-refractivity contribution in [3.05, 3.63) is 64.7 Å². The second-order valence-corrected chi connectivity index (χ2v) is 5.77. The fourth-order valence-corrected chi connectivity index (χ4v) is 2.84. The molecule has 27 heavy (non-hydrogen) atoms. The lowest BCUT2D eigenvalue weighted by Gasteiger charge is -2.13. The molecule has 2 aromatic rings. The minimum absolute atomic E-state index is 0.276. The number of carbonyl (C=O) groups excluding carboxylic acids is 2. The van der Waals surface area contributed by atoms with E-state index in [1.165, 1.54) is 21.3 Å². The lowest BCUT2D eigenvalue weighted by Crippen LogP contribution is -2.19. The molecule has 3 rings (SSSR count). The van der Waals surface area contributed by atoms with Crippen LogP contribution in [0.4, 0.5) is 0 Å². The van der Waals surface area contributed by atoms with Gasteiger partial charge >= 0.3 is 0 Å². The lowest BCUT2D eigenvalue weighted by atomic mass is 10.0. The van der Waals surface area contributed by atoms with Crippen LogP contribution in [-0.2, 0) is 9.59 Å². The summed E-state index contributed by atoms with van der Waals surface area (Å²) in [5.41, 5.74) is 2.05. The normalized spacial score (nSPS) is 16.6. The summed E-state index contributed by atoms with van der Waals surface area (Å²) in [5, 5.41) is 2.34. The van der Waals surface area contributed by atoms with Crippen molar-refractivity contribution in [2.75, 3.05) is 21.3 Å². The Hall–Kier alpha value is -3.54. The topological polar surface area (TPSA) is 73.9 Å². The van der Waals surface area contributed by atoms with Crippen LogP contribution in [0.15, 0.2) is 53.6 Å². The summed E-state index contributed by atoms with van der Waals surface area (Å²) in [6.07, 6.45) is 3.31. The monoisotopic (exact) mass is 365 g/mol. The van der Waals surface area contributed by atoms with Crippen LogP contribution in [0.25, 0.3) is 12.2 Å². The Morgan fingerprint density at radius 3 is 1.74 bits per heavy atom. The number of benzene rings is 2. The van der Waals surface area contributed by atoms with Crippen LogP contribution in [0, 0.1) is 0 Å². The molecule has 1 saturated heterocycles. The number of imide groups is 1. The van der Waals surface area contributed by atoms with Gasteiger partial charge in [0.05, 0.1) is 32.5 Å². The van der Waals surface area contributed by atoms with Crippen LogP contribution in [0.1, 0.15) is 11.1 Å². The molecule has 0 aliphatic carbocycles. The van der Waals surface area contributed by atoms with E-state index >= 15 is 0 Å². The molecule has 1 aliphatic heterocycles. The summed E-state index contributed by atoms with van der Waals surface area (Å²) in [5.74, 6) is 0.497. The molecule has 0 aromatic heterocycles. The maximum Gasteiger partial charge on any atom is 0.258 e. The smallest absolute Gasteiger partial charge is 0.258 e. The number of hydrogen-bond acceptors (Lipinski definition) is 5. The Kier molecular flexibility index (Phi) is 5.26. The molecule has 1 N–H and O–H groups in total. The van der Waals surface area contributed by atoms with Crippen LogP contribution >= 0.6 is 0 Å². The minimum atomic E-state index is -0.448. The Morgan fingerprint density at radius 1 is 0.741 bits per heavy atom. The van der Waals surface area contributed by atoms with Crippen molar-refractivity contribution in [3.63, 3.8) is 0 Å². The van der Waals surface area contributed by atoms with Crippen molar-refractivity contribution in [3.8, 4) is 17.2 Å². The summed E-state index contributed by atoms with van der Waals surface area (Å²) in [6, 6.07) is 12.8. The molecule has 0 atom stereocenters. The van der Waals surface area contributed by atoms with E-state index in [1.807, 2.05) is 30.3 Å². The van der Waals surface area contributed by atoms with E-state index in [-0.39, 0.29) is 5.57 Å². The number of rotatable bonds is 5. The molecule has 2 aromatic carbocycles. The van der Waals surface area contributed by atoms with Gasteiger partial charge in [-0.15, -0.1) is 0 Å². The van der Waals surface area contributed by atoms with Gasteiger partial charge in [-0.05, 0) is 35.4 Å². The quantitative estimate of drug-likeness (QED) is 0.651. The van der Waals surface area contributed by atoms with Crippen molar-refractivity contribution in [2.45, 2.75) is 0 Å². The zero-order valence-electron chi connectivity index (χ0n) is 15.2. The van der Waals surface area contributed by atoms with Gasteiger partial charge in [0, 0.05) is 0 Å². The Morgan fingerprint density at radius 2 is 1.26 bits per heavy atom. The fourth-order valence-electron chi connectivity index (χ4n) is 2.84. The summed E-state index contributed by atoms with van der Waals surface area (Å²) < 4.78 is 16.0. The Labute approximate surface area is 157 Å². The third-order valence-corrected chi connectivity index (χ3v) is 4.12. The van der Waals surface area contributed by atoms with E-state index in [2.05, 4.69) is 5.32 Å². The highest BCUT2D eigenvalue weighted by Gasteiger charge is 2.30. The van der Waals surface area contributed by atoms with E-state index in [9.17, 15) is 9.59 Å². The fraction of sp³-hybridized carbons (Fsp3) is 0.143. The standard InChI is InChI=1S/C21H19NO5/c1-25-17-11-14(12-18(26-2)19(17)27-3)10-16-15(20(23)22-21(16)24)9-13-7-5-4-6-8-13/h4-12H,1-3H3,(H,22,23,24)/b15-9-,16-10+. The van der Waals surface area contributed by atoms with Gasteiger partial charge in [0.2, 0.25) is 5.75 Å². The van der Waals surface area contributed by atoms with Gasteiger partial charge in [0.25, 0.3) is 11.8 Å². The summed E-state index contributed by atoms with van der Waals surface area (Å²) in [7, 11) is 4.55. The average Bonchev–Trinajstić information content (AvgIpc) is 2.94. The molecule has 0 bridgehead atoms. The number of hydrogen-bond donors (Lipinski definition) is 1. The molecule has 0 spiro atoms. The molecule has 1 fully saturated rings. The third kappa shape index (κ3) is 3.69. The molecule has 0 saturated carbocycles. The zero-order valence-corrected chi connectivity index (χ0v) is 15.2. The molecule has 138 valence electrons. The highest BCUT2D eigenvalue weighted by Crippen LogP contribution is 2.39. The third-order valence-electron chi connectivity index (χ3n) is 4.12. The van der Waals surface area contributed by atoms with Gasteiger partial charge in [-0.1, -0.05) is 30.3 Å². The van der Waals surface area contributed by atoms with Crippen molar-refractivity contribution >= 4 is 24.0 Å². The molecule has 6 nitrogen and oxygen atoms in total. The molecule has 1 aliphatic rings. The Balaban J connectivity index is 2.10. The van der Waals surface area contributed by atoms with Crippen LogP contribution in [0.3, 0.4) is 0 Å². The van der Waals surface area contributed by atoms with Gasteiger partial charge in [0.1, 0.15) is 0 Å². The molecule has 1 heterocycles. The average molecular weight is 365 g/mol. The molecule has 0 unspecified atom stereocenters. The first-order valence-corrected chi connectivity index (χ1v) is 8.22. The van der Waals surface area contributed by atoms with Crippen molar-refractivity contribution in [1.29, 1.82) is 0 Å². The van der Waals surface area contributed by atoms with Gasteiger partial charge in [0.15, 0.2) is 11.5 Å².